The minimum atomic E-state index is -7.46. The summed E-state index contributed by atoms with van der Waals surface area (Å²) in [5, 5.41) is 40.7. The van der Waals surface area contributed by atoms with Crippen LogP contribution in [0.25, 0.3) is 0 Å². The van der Waals surface area contributed by atoms with Crippen LogP contribution in [0, 0.1) is 66.5 Å². The van der Waals surface area contributed by atoms with Gasteiger partial charge in [-0.15, -0.1) is 0 Å². The van der Waals surface area contributed by atoms with Crippen molar-refractivity contribution in [2.45, 2.75) is 198 Å². The van der Waals surface area contributed by atoms with Crippen molar-refractivity contribution in [3.63, 3.8) is 0 Å². The van der Waals surface area contributed by atoms with Crippen molar-refractivity contribution in [3.8, 4) is 52.7 Å². The third-order valence-corrected chi connectivity index (χ3v) is 22.1. The summed E-state index contributed by atoms with van der Waals surface area (Å²) in [5.41, 5.74) is -57.4. The number of nitriles is 3. The van der Waals surface area contributed by atoms with Gasteiger partial charge in [0, 0.05) is 47.6 Å². The lowest BCUT2D eigenvalue weighted by atomic mass is 9.68. The molecule has 9 rings (SSSR count). The molecule has 6 aromatic heterocycles. The van der Waals surface area contributed by atoms with Gasteiger partial charge in [0.2, 0.25) is 17.2 Å². The van der Waals surface area contributed by atoms with Gasteiger partial charge < -0.3 is 14.2 Å². The Hall–Kier alpha value is -11.5. The van der Waals surface area contributed by atoms with Gasteiger partial charge in [-0.05, 0) is 72.8 Å². The summed E-state index contributed by atoms with van der Waals surface area (Å²) in [6, 6.07) is 12.7. The van der Waals surface area contributed by atoms with Crippen molar-refractivity contribution in [3.05, 3.63) is 237 Å². The van der Waals surface area contributed by atoms with Crippen LogP contribution < -0.4 is 47.6 Å². The van der Waals surface area contributed by atoms with E-state index in [0.717, 1.165) is 179 Å². The van der Waals surface area contributed by atoms with Crippen LogP contribution in [0.5, 0.6) is 34.5 Å². The molecule has 0 fully saturated rings. The van der Waals surface area contributed by atoms with Gasteiger partial charge in [0.1, 0.15) is 33.9 Å². The molecule has 3 aromatic carbocycles. The lowest BCUT2D eigenvalue weighted by Crippen LogP contribution is -2.65. The number of ether oxygens (including phenoxy) is 3. The van der Waals surface area contributed by atoms with E-state index in [4.69, 9.17) is 62.6 Å². The molecule has 9 aromatic rings. The summed E-state index contributed by atoms with van der Waals surface area (Å²) >= 11 is 18.3. The number of hydrogen-bond acceptors (Lipinski definition) is 22. The summed E-state index contributed by atoms with van der Waals surface area (Å²) in [6.45, 7) is 13.2. The highest BCUT2D eigenvalue weighted by Crippen LogP contribution is 2.72. The van der Waals surface area contributed by atoms with E-state index in [0.29, 0.717) is 0 Å². The highest BCUT2D eigenvalue weighted by atomic mass is 35.5. The molecule has 0 aliphatic rings. The van der Waals surface area contributed by atoms with E-state index in [2.05, 4.69) is 30.2 Å². The van der Waals surface area contributed by atoms with Crippen LogP contribution in [-0.4, -0.2) is 58.0 Å². The van der Waals surface area contributed by atoms with E-state index in [1.165, 1.54) is 0 Å². The van der Waals surface area contributed by atoms with Gasteiger partial charge >= 0.3 is 44.9 Å². The van der Waals surface area contributed by atoms with Crippen molar-refractivity contribution in [1.82, 2.24) is 58.0 Å². The number of rotatable bonds is 21. The third-order valence-electron chi connectivity index (χ3n) is 20.0. The number of hydrogen-bond donors (Lipinski definition) is 0. The number of benzene rings is 3. The molecular formula is C81H75Cl3F18N15O13P. The van der Waals surface area contributed by atoms with Gasteiger partial charge in [-0.1, -0.05) is 159 Å². The maximum atomic E-state index is 18.9. The Morgan fingerprint density at radius 3 is 0.702 bits per heavy atom. The lowest BCUT2D eigenvalue weighted by Gasteiger charge is -2.58. The third kappa shape index (κ3) is 20.6. The molecule has 0 unspecified atom stereocenters. The Labute approximate surface area is 744 Å². The molecule has 131 heavy (non-hydrogen) atoms. The van der Waals surface area contributed by atoms with Gasteiger partial charge in [-0.25, -0.2) is 19.5 Å². The maximum Gasteiger partial charge on any atom is 0.481 e. The van der Waals surface area contributed by atoms with Crippen LogP contribution >= 0.6 is 42.6 Å². The first-order valence-corrected chi connectivity index (χ1v) is 40.5. The number of alkyl halides is 18. The monoisotopic (exact) mass is 1940 g/mol. The fraction of sp³-hybridized carbons (Fsp3) is 0.444. The van der Waals surface area contributed by atoms with Gasteiger partial charge in [-0.2, -0.15) is 124 Å². The second kappa shape index (κ2) is 34.9. The maximum absolute atomic E-state index is 18.9. The van der Waals surface area contributed by atoms with Crippen molar-refractivity contribution in [2.75, 3.05) is 0 Å². The first kappa shape index (κ1) is 103. The number of halogens is 21. The molecule has 0 N–H and O–H groups in total. The lowest BCUT2D eigenvalue weighted by molar-refractivity contribution is -0.270. The summed E-state index contributed by atoms with van der Waals surface area (Å²) in [6.07, 6.45) is -34.5. The highest BCUT2D eigenvalue weighted by Gasteiger charge is 2.70. The van der Waals surface area contributed by atoms with Gasteiger partial charge in [0.05, 0.1) is 90.6 Å². The average Bonchev–Trinajstić information content (AvgIpc) is 0.684. The first-order chi connectivity index (χ1) is 59.4. The molecule has 0 amide bonds. The molecule has 0 saturated heterocycles. The van der Waals surface area contributed by atoms with Crippen molar-refractivity contribution in [2.24, 2.45) is 32.5 Å². The SMILES string of the molecule is CC(C)(C)C(OP(=O)(OC(n1nc(Cn2cnc(C(F)(F)F)c(Oc3cc(Cl)cc(C#N)c3)c2=O)cc(C(F)(F)F)c1=O)(C(C)(C)C)C(C)(C)C)OC(n1nc(Cn2cnc(C(F)(F)F)c(Oc3cc(Cl)cc(C#N)c3)c2=O)cc(C(F)(F)F)c1=O)(C(C)(C)C)C(C)(C)C)(n1nc(Cn2cnc(C(F)(F)F)c(Oc3cc(Cl)cc(C#N)c3)c2=O)cc(C(F)(F)F)c1=O)C(C)(C)C. The summed E-state index contributed by atoms with van der Waals surface area (Å²) in [7, 11) is -7.46. The van der Waals surface area contributed by atoms with Crippen molar-refractivity contribution >= 4 is 42.6 Å². The smallest absolute Gasteiger partial charge is 0.449 e. The minimum absolute atomic E-state index is 0.0515. The topological polar surface area (TPSA) is 353 Å². The minimum Gasteiger partial charge on any atom is -0.449 e. The van der Waals surface area contributed by atoms with Crippen molar-refractivity contribution in [1.29, 1.82) is 15.8 Å². The van der Waals surface area contributed by atoms with Crippen LogP contribution in [0.3, 0.4) is 0 Å². The van der Waals surface area contributed by atoms with E-state index in [1.54, 1.807) is 18.2 Å². The average molecular weight is 1950 g/mol. The summed E-state index contributed by atoms with van der Waals surface area (Å²) in [4.78, 5) is 101. The largest absolute Gasteiger partial charge is 0.481 e. The molecule has 0 spiro atoms. The fourth-order valence-corrected chi connectivity index (χ4v) is 19.1. The van der Waals surface area contributed by atoms with E-state index in [9.17, 15) is 69.7 Å². The zero-order valence-electron chi connectivity index (χ0n) is 71.7. The van der Waals surface area contributed by atoms with E-state index >= 15 is 58.5 Å². The van der Waals surface area contributed by atoms with Gasteiger partial charge in [0.25, 0.3) is 33.4 Å². The Morgan fingerprint density at radius 1 is 0.321 bits per heavy atom. The fourth-order valence-electron chi connectivity index (χ4n) is 15.4. The van der Waals surface area contributed by atoms with Crippen LogP contribution in [-0.2, 0) is 92.0 Å². The zero-order valence-corrected chi connectivity index (χ0v) is 74.8. The predicted octanol–water partition coefficient (Wildman–Crippen LogP) is 20.0. The standard InChI is InChI=1S/C81H75Cl3F18N15O13P/c1-67(2,3)79(68(4,5)6,115-61(118)52(73(85,86)87)28-46(109-115)34-112-37-106-58(76(94,95)96)55(64(112)121)125-49-22-40(31-103)19-43(82)25-49)128-131(124,129-80(69(7,8)9,70(10,11)12)116-62(119)53(74(88,89)90)29-47(110-116)35-113-38-107-59(77(97,98)99)56(65(113)122)126-50-23-41(32-104)20-44(83)26-50)130-81(71(13,14)15,72(16,17)18)117-63(120)54(75(91,92)93)30-48(111-117)36-114-39-108-60(78(100,101)102)57(66(114)123)127-51-24-42(33-105)21-45(84)27-51/h19-30,37-39H,34-36H2,1-18H3. The van der Waals surface area contributed by atoms with Crippen LogP contribution in [0.1, 0.15) is 192 Å². The molecule has 50 heteroatoms. The molecule has 0 atom stereocenters. The van der Waals surface area contributed by atoms with Gasteiger partial charge in [0.15, 0.2) is 34.3 Å². The van der Waals surface area contributed by atoms with Crippen molar-refractivity contribution < 1.29 is 111 Å². The highest BCUT2D eigenvalue weighted by molar-refractivity contribution is 7.48. The predicted molar refractivity (Wildman–Crippen MR) is 429 cm³/mol. The number of nitrogens with zero attached hydrogens (tertiary/aromatic N) is 15. The van der Waals surface area contributed by atoms with Crippen LogP contribution in [0.4, 0.5) is 79.0 Å². The molecular weight excluding hydrogens is 1870 g/mol. The van der Waals surface area contributed by atoms with Crippen LogP contribution in [0.2, 0.25) is 15.1 Å². The molecule has 6 heterocycles. The normalized spacial score (nSPS) is 13.5. The Kier molecular flexibility index (Phi) is 27.5. The number of phosphoric ester groups is 1. The number of phosphoric acid groups is 1. The summed E-state index contributed by atoms with van der Waals surface area (Å²) < 4.78 is 338. The Morgan fingerprint density at radius 2 is 0.527 bits per heavy atom. The molecule has 0 bridgehead atoms. The zero-order chi connectivity index (χ0) is 99.4. The summed E-state index contributed by atoms with van der Waals surface area (Å²) in [5.74, 6) is -7.44. The van der Waals surface area contributed by atoms with E-state index in [-0.39, 0.29) is 96.7 Å². The second-order valence-corrected chi connectivity index (χ2v) is 38.4. The Balaban J connectivity index is 1.47. The number of aromatic nitrogens is 12. The van der Waals surface area contributed by atoms with E-state index < -0.39 is 233 Å². The van der Waals surface area contributed by atoms with Gasteiger partial charge in [-0.3, -0.25) is 56.0 Å². The molecule has 0 aliphatic heterocycles. The molecule has 28 nitrogen and oxygen atoms in total. The molecule has 0 aliphatic carbocycles. The Bertz CT molecular complexity index is 5940. The quantitative estimate of drug-likeness (QED) is 0.0476. The van der Waals surface area contributed by atoms with Crippen LogP contribution in [0.15, 0.2) is 121 Å². The second-order valence-electron chi connectivity index (χ2n) is 35.7. The van der Waals surface area contributed by atoms with E-state index in [1.807, 2.05) is 0 Å². The molecule has 0 saturated carbocycles. The molecule has 704 valence electrons. The molecule has 0 radical (unpaired) electrons. The first-order valence-electron chi connectivity index (χ1n) is 37.9.